The number of rotatable bonds is 5. The van der Waals surface area contributed by atoms with E-state index in [1.165, 1.54) is 0 Å². The summed E-state index contributed by atoms with van der Waals surface area (Å²) in [6.07, 6.45) is 5.08. The molecule has 1 aromatic rings. The number of nitrogens with zero attached hydrogens (tertiary/aromatic N) is 1. The Kier molecular flexibility index (Phi) is 5.79. The Morgan fingerprint density at radius 1 is 1.16 bits per heavy atom. The van der Waals surface area contributed by atoms with Crippen molar-refractivity contribution >= 4 is 15.7 Å². The van der Waals surface area contributed by atoms with Gasteiger partial charge in [-0.3, -0.25) is 4.79 Å². The Hall–Kier alpha value is -1.40. The maximum Gasteiger partial charge on any atom is 0.226 e. The average molecular weight is 365 g/mol. The van der Waals surface area contributed by atoms with Gasteiger partial charge < -0.3 is 9.64 Å². The van der Waals surface area contributed by atoms with E-state index in [9.17, 15) is 13.2 Å². The van der Waals surface area contributed by atoms with Gasteiger partial charge in [0.15, 0.2) is 9.84 Å². The third-order valence-corrected chi connectivity index (χ3v) is 7.15. The monoisotopic (exact) mass is 365 g/mol. The number of piperidine rings is 1. The maximum atomic E-state index is 12.5. The molecular weight excluding hydrogens is 338 g/mol. The Bertz CT molecular complexity index is 685. The van der Waals surface area contributed by atoms with E-state index in [4.69, 9.17) is 4.74 Å². The van der Waals surface area contributed by atoms with Crippen molar-refractivity contribution in [3.8, 4) is 0 Å². The molecule has 1 aromatic carbocycles. The van der Waals surface area contributed by atoms with Crippen molar-refractivity contribution in [2.45, 2.75) is 50.0 Å². The predicted molar refractivity (Wildman–Crippen MR) is 96.2 cm³/mol. The molecule has 2 heterocycles. The fourth-order valence-electron chi connectivity index (χ4n) is 3.76. The van der Waals surface area contributed by atoms with E-state index in [2.05, 4.69) is 0 Å². The SMILES string of the molecule is CCS(=O)(=O)c1ccc(CC(=O)N2CCC(C3CCCO3)CC2)cc1. The lowest BCUT2D eigenvalue weighted by Crippen LogP contribution is -2.41. The number of sulfone groups is 1. The lowest BCUT2D eigenvalue weighted by Gasteiger charge is -2.34. The second-order valence-corrected chi connectivity index (χ2v) is 9.27. The summed E-state index contributed by atoms with van der Waals surface area (Å²) in [4.78, 5) is 14.8. The molecule has 2 aliphatic rings. The molecule has 0 aromatic heterocycles. The summed E-state index contributed by atoms with van der Waals surface area (Å²) >= 11 is 0. The number of benzene rings is 1. The van der Waals surface area contributed by atoms with Crippen molar-refractivity contribution in [3.63, 3.8) is 0 Å². The highest BCUT2D eigenvalue weighted by molar-refractivity contribution is 7.91. The van der Waals surface area contributed by atoms with E-state index < -0.39 is 9.84 Å². The van der Waals surface area contributed by atoms with Crippen LogP contribution in [0.2, 0.25) is 0 Å². The van der Waals surface area contributed by atoms with Gasteiger partial charge in [-0.25, -0.2) is 8.42 Å². The van der Waals surface area contributed by atoms with E-state index in [-0.39, 0.29) is 11.7 Å². The normalized spacial score (nSPS) is 22.3. The standard InChI is InChI=1S/C19H27NO4S/c1-2-25(22,23)17-7-5-15(6-8-17)14-19(21)20-11-9-16(10-12-20)18-4-3-13-24-18/h5-8,16,18H,2-4,9-14H2,1H3. The van der Waals surface area contributed by atoms with Crippen LogP contribution in [0.5, 0.6) is 0 Å². The van der Waals surface area contributed by atoms with Crippen LogP contribution in [0, 0.1) is 5.92 Å². The first-order valence-electron chi connectivity index (χ1n) is 9.20. The van der Waals surface area contributed by atoms with Crippen molar-refractivity contribution in [2.24, 2.45) is 5.92 Å². The zero-order chi connectivity index (χ0) is 17.9. The third kappa shape index (κ3) is 4.42. The van der Waals surface area contributed by atoms with Crippen molar-refractivity contribution in [1.82, 2.24) is 4.90 Å². The minimum absolute atomic E-state index is 0.0882. The van der Waals surface area contributed by atoms with Gasteiger partial charge in [0.05, 0.1) is 23.2 Å². The molecule has 25 heavy (non-hydrogen) atoms. The number of ether oxygens (including phenoxy) is 1. The lowest BCUT2D eigenvalue weighted by atomic mass is 9.89. The average Bonchev–Trinajstić information content (AvgIpc) is 3.17. The van der Waals surface area contributed by atoms with Crippen LogP contribution in [-0.4, -0.2) is 50.8 Å². The molecule has 0 N–H and O–H groups in total. The lowest BCUT2D eigenvalue weighted by molar-refractivity contribution is -0.132. The van der Waals surface area contributed by atoms with Gasteiger partial charge in [-0.2, -0.15) is 0 Å². The molecule has 2 saturated heterocycles. The van der Waals surface area contributed by atoms with Crippen LogP contribution >= 0.6 is 0 Å². The topological polar surface area (TPSA) is 63.7 Å². The summed E-state index contributed by atoms with van der Waals surface area (Å²) < 4.78 is 29.5. The Morgan fingerprint density at radius 2 is 1.84 bits per heavy atom. The second-order valence-electron chi connectivity index (χ2n) is 6.99. The van der Waals surface area contributed by atoms with Crippen LogP contribution in [0.4, 0.5) is 0 Å². The predicted octanol–water partition coefficient (Wildman–Crippen LogP) is 2.44. The molecule has 3 rings (SSSR count). The largest absolute Gasteiger partial charge is 0.378 e. The van der Waals surface area contributed by atoms with E-state index in [0.717, 1.165) is 50.9 Å². The van der Waals surface area contributed by atoms with Crippen LogP contribution in [0.15, 0.2) is 29.2 Å². The van der Waals surface area contributed by atoms with Gasteiger partial charge in [0.25, 0.3) is 0 Å². The van der Waals surface area contributed by atoms with Gasteiger partial charge in [-0.15, -0.1) is 0 Å². The van der Waals surface area contributed by atoms with Crippen molar-refractivity contribution in [3.05, 3.63) is 29.8 Å². The molecule has 138 valence electrons. The number of carbonyl (C=O) groups is 1. The summed E-state index contributed by atoms with van der Waals surface area (Å²) in [5, 5.41) is 0. The minimum atomic E-state index is -3.19. The van der Waals surface area contributed by atoms with E-state index in [0.29, 0.717) is 23.3 Å². The molecule has 2 fully saturated rings. The molecule has 0 aliphatic carbocycles. The highest BCUT2D eigenvalue weighted by atomic mass is 32.2. The zero-order valence-corrected chi connectivity index (χ0v) is 15.6. The van der Waals surface area contributed by atoms with E-state index in [1.54, 1.807) is 31.2 Å². The summed E-state index contributed by atoms with van der Waals surface area (Å²) in [6.45, 7) is 4.11. The van der Waals surface area contributed by atoms with Crippen LogP contribution in [0.3, 0.4) is 0 Å². The Balaban J connectivity index is 1.52. The Labute approximate surface area is 150 Å². The van der Waals surface area contributed by atoms with E-state index in [1.807, 2.05) is 4.90 Å². The summed E-state index contributed by atoms with van der Waals surface area (Å²) in [5.41, 5.74) is 0.862. The van der Waals surface area contributed by atoms with Gasteiger partial charge in [-0.1, -0.05) is 19.1 Å². The molecule has 1 unspecified atom stereocenters. The molecule has 0 spiro atoms. The van der Waals surface area contributed by atoms with Gasteiger partial charge in [0.1, 0.15) is 0 Å². The summed E-state index contributed by atoms with van der Waals surface area (Å²) in [6, 6.07) is 6.70. The van der Waals surface area contributed by atoms with Crippen molar-refractivity contribution in [2.75, 3.05) is 25.4 Å². The molecular formula is C19H27NO4S. The smallest absolute Gasteiger partial charge is 0.226 e. The highest BCUT2D eigenvalue weighted by Gasteiger charge is 2.30. The zero-order valence-electron chi connectivity index (χ0n) is 14.8. The fraction of sp³-hybridized carbons (Fsp3) is 0.632. The van der Waals surface area contributed by atoms with Crippen molar-refractivity contribution < 1.29 is 17.9 Å². The maximum absolute atomic E-state index is 12.5. The first-order chi connectivity index (χ1) is 12.0. The van der Waals surface area contributed by atoms with E-state index >= 15 is 0 Å². The molecule has 0 saturated carbocycles. The van der Waals surface area contributed by atoms with Gasteiger partial charge in [0, 0.05) is 19.7 Å². The first kappa shape index (κ1) is 18.4. The number of hydrogen-bond acceptors (Lipinski definition) is 4. The summed E-state index contributed by atoms with van der Waals surface area (Å²) in [5.74, 6) is 0.798. The molecule has 1 amide bonds. The molecule has 6 heteroatoms. The van der Waals surface area contributed by atoms with Crippen LogP contribution in [0.25, 0.3) is 0 Å². The van der Waals surface area contributed by atoms with Gasteiger partial charge in [0.2, 0.25) is 5.91 Å². The second kappa shape index (κ2) is 7.87. The van der Waals surface area contributed by atoms with Crippen molar-refractivity contribution in [1.29, 1.82) is 0 Å². The molecule has 2 aliphatic heterocycles. The first-order valence-corrected chi connectivity index (χ1v) is 10.9. The third-order valence-electron chi connectivity index (χ3n) is 5.40. The number of carbonyl (C=O) groups excluding carboxylic acids is 1. The minimum Gasteiger partial charge on any atom is -0.378 e. The molecule has 1 atom stereocenters. The van der Waals surface area contributed by atoms with Crippen LogP contribution < -0.4 is 0 Å². The number of amides is 1. The number of hydrogen-bond donors (Lipinski definition) is 0. The molecule has 5 nitrogen and oxygen atoms in total. The fourth-order valence-corrected chi connectivity index (χ4v) is 4.65. The van der Waals surface area contributed by atoms with Gasteiger partial charge >= 0.3 is 0 Å². The highest BCUT2D eigenvalue weighted by Crippen LogP contribution is 2.29. The number of likely N-dealkylation sites (tertiary alicyclic amines) is 1. The molecule has 0 radical (unpaired) electrons. The quantitative estimate of drug-likeness (QED) is 0.804. The van der Waals surface area contributed by atoms with Crippen LogP contribution in [0.1, 0.15) is 38.2 Å². The summed E-state index contributed by atoms with van der Waals surface area (Å²) in [7, 11) is -3.19. The Morgan fingerprint density at radius 3 is 2.40 bits per heavy atom. The van der Waals surface area contributed by atoms with Crippen LogP contribution in [-0.2, 0) is 25.8 Å². The molecule has 0 bridgehead atoms. The van der Waals surface area contributed by atoms with Gasteiger partial charge in [-0.05, 0) is 49.3 Å².